The maximum Gasteiger partial charge on any atom is 0.273 e. The summed E-state index contributed by atoms with van der Waals surface area (Å²) in [4.78, 5) is 20.0. The first-order valence-electron chi connectivity index (χ1n) is 4.15. The number of nitrogens with zero attached hydrogens (tertiary/aromatic N) is 1. The molecular weight excluding hydrogens is 225 g/mol. The van der Waals surface area contributed by atoms with Crippen LogP contribution >= 0.6 is 11.6 Å². The van der Waals surface area contributed by atoms with E-state index in [9.17, 15) is 19.3 Å². The van der Waals surface area contributed by atoms with Crippen molar-refractivity contribution in [3.63, 3.8) is 0 Å². The van der Waals surface area contributed by atoms with Gasteiger partial charge in [0.15, 0.2) is 0 Å². The van der Waals surface area contributed by atoms with Gasteiger partial charge in [0.2, 0.25) is 0 Å². The minimum absolute atomic E-state index is 0.228. The Hall–Kier alpha value is -1.49. The molecule has 0 N–H and O–H groups in total. The van der Waals surface area contributed by atoms with E-state index >= 15 is 0 Å². The number of carbonyl (C=O) groups excluding carboxylic acids is 1. The monoisotopic (exact) mass is 233 g/mol. The number of nitro groups is 1. The molecule has 15 heavy (non-hydrogen) atoms. The van der Waals surface area contributed by atoms with Crippen LogP contribution in [0.1, 0.15) is 24.2 Å². The molecule has 6 heteroatoms. The number of hydrogen-bond acceptors (Lipinski definition) is 3. The molecule has 0 amide bonds. The summed E-state index contributed by atoms with van der Waals surface area (Å²) in [5, 5.41) is 9.28. The lowest BCUT2D eigenvalue weighted by molar-refractivity contribution is -0.385. The van der Waals surface area contributed by atoms with Gasteiger partial charge < -0.3 is 0 Å². The Labute approximate surface area is 90.8 Å². The second-order valence-electron chi connectivity index (χ2n) is 2.23. The van der Waals surface area contributed by atoms with Gasteiger partial charge in [0, 0.05) is 11.6 Å². The van der Waals surface area contributed by atoms with Crippen LogP contribution in [0.3, 0.4) is 0 Å². The molecule has 0 fully saturated rings. The van der Waals surface area contributed by atoms with Crippen molar-refractivity contribution in [2.75, 3.05) is 0 Å². The number of nitro benzene ring substituents is 1. The lowest BCUT2D eigenvalue weighted by Crippen LogP contribution is -1.95. The Morgan fingerprint density at radius 3 is 2.33 bits per heavy atom. The number of benzene rings is 1. The minimum Gasteiger partial charge on any atom is -0.276 e. The summed E-state index contributed by atoms with van der Waals surface area (Å²) in [5.74, 6) is -0.863. The Kier molecular flexibility index (Phi) is 5.48. The van der Waals surface area contributed by atoms with Gasteiger partial charge in [-0.25, -0.2) is 4.39 Å². The van der Waals surface area contributed by atoms with Gasteiger partial charge in [-0.05, 0) is 17.7 Å². The van der Waals surface area contributed by atoms with E-state index in [2.05, 4.69) is 0 Å². The first-order chi connectivity index (χ1) is 7.00. The molecule has 82 valence electrons. The van der Waals surface area contributed by atoms with Crippen molar-refractivity contribution < 1.29 is 14.1 Å². The fourth-order valence-electron chi connectivity index (χ4n) is 0.793. The second-order valence-corrected chi connectivity index (χ2v) is 2.57. The van der Waals surface area contributed by atoms with E-state index in [1.807, 2.05) is 13.8 Å². The van der Waals surface area contributed by atoms with Crippen molar-refractivity contribution >= 4 is 22.5 Å². The third-order valence-electron chi connectivity index (χ3n) is 1.32. The van der Waals surface area contributed by atoms with E-state index in [-0.39, 0.29) is 5.56 Å². The van der Waals surface area contributed by atoms with Crippen LogP contribution in [0, 0.1) is 15.9 Å². The standard InChI is InChI=1S/C7H3ClFNO3.C2H6/c8-7(11)4-1-5(9)3-6(2-4)10(12)13;1-2/h1-3H;1-2H3. The zero-order valence-corrected chi connectivity index (χ0v) is 8.92. The van der Waals surface area contributed by atoms with Crippen molar-refractivity contribution in [3.8, 4) is 0 Å². The highest BCUT2D eigenvalue weighted by Crippen LogP contribution is 2.17. The molecule has 0 aromatic heterocycles. The summed E-state index contributed by atoms with van der Waals surface area (Å²) in [6.07, 6.45) is 0. The van der Waals surface area contributed by atoms with Gasteiger partial charge in [0.1, 0.15) is 5.82 Å². The van der Waals surface area contributed by atoms with Gasteiger partial charge in [-0.1, -0.05) is 13.8 Å². The average Bonchev–Trinajstić information content (AvgIpc) is 2.19. The quantitative estimate of drug-likeness (QED) is 0.448. The van der Waals surface area contributed by atoms with Gasteiger partial charge in [0.25, 0.3) is 10.9 Å². The highest BCUT2D eigenvalue weighted by molar-refractivity contribution is 6.67. The van der Waals surface area contributed by atoms with Crippen molar-refractivity contribution in [1.82, 2.24) is 0 Å². The van der Waals surface area contributed by atoms with E-state index in [0.717, 1.165) is 12.1 Å². The summed E-state index contributed by atoms with van der Waals surface area (Å²) in [7, 11) is 0. The van der Waals surface area contributed by atoms with Crippen molar-refractivity contribution in [2.24, 2.45) is 0 Å². The van der Waals surface area contributed by atoms with Crippen molar-refractivity contribution in [2.45, 2.75) is 13.8 Å². The molecule has 0 saturated heterocycles. The number of non-ortho nitro benzene ring substituents is 1. The first-order valence-corrected chi connectivity index (χ1v) is 4.53. The number of rotatable bonds is 2. The second kappa shape index (κ2) is 6.08. The van der Waals surface area contributed by atoms with E-state index in [4.69, 9.17) is 11.6 Å². The molecule has 0 radical (unpaired) electrons. The predicted octanol–water partition coefficient (Wildman–Crippen LogP) is 3.14. The van der Waals surface area contributed by atoms with Crippen LogP contribution in [0.4, 0.5) is 10.1 Å². The van der Waals surface area contributed by atoms with Crippen LogP contribution < -0.4 is 0 Å². The maximum atomic E-state index is 12.6. The van der Waals surface area contributed by atoms with Gasteiger partial charge in [-0.15, -0.1) is 0 Å². The van der Waals surface area contributed by atoms with E-state index in [1.54, 1.807) is 0 Å². The van der Waals surface area contributed by atoms with Crippen molar-refractivity contribution in [1.29, 1.82) is 0 Å². The van der Waals surface area contributed by atoms with Crippen LogP contribution in [0.5, 0.6) is 0 Å². The highest BCUT2D eigenvalue weighted by Gasteiger charge is 2.12. The van der Waals surface area contributed by atoms with Gasteiger partial charge in [-0.3, -0.25) is 14.9 Å². The molecule has 0 atom stereocenters. The predicted molar refractivity (Wildman–Crippen MR) is 54.6 cm³/mol. The molecule has 1 aromatic carbocycles. The van der Waals surface area contributed by atoms with E-state index < -0.39 is 21.7 Å². The molecule has 0 heterocycles. The maximum absolute atomic E-state index is 12.6. The van der Waals surface area contributed by atoms with Crippen LogP contribution in [0.2, 0.25) is 0 Å². The Balaban J connectivity index is 0.000000921. The Morgan fingerprint density at radius 1 is 1.40 bits per heavy atom. The number of hydrogen-bond donors (Lipinski definition) is 0. The molecule has 0 bridgehead atoms. The largest absolute Gasteiger partial charge is 0.276 e. The molecule has 0 aliphatic rings. The summed E-state index contributed by atoms with van der Waals surface area (Å²) < 4.78 is 12.6. The molecule has 0 spiro atoms. The van der Waals surface area contributed by atoms with E-state index in [0.29, 0.717) is 6.07 Å². The van der Waals surface area contributed by atoms with Crippen LogP contribution in [-0.2, 0) is 0 Å². The fourth-order valence-corrected chi connectivity index (χ4v) is 0.902. The topological polar surface area (TPSA) is 60.2 Å². The molecular formula is C9H9ClFNO3. The lowest BCUT2D eigenvalue weighted by atomic mass is 10.2. The minimum atomic E-state index is -0.928. The summed E-state index contributed by atoms with van der Waals surface area (Å²) in [6, 6.07) is 2.46. The molecule has 0 aliphatic carbocycles. The molecule has 0 aliphatic heterocycles. The third-order valence-corrected chi connectivity index (χ3v) is 1.54. The zero-order valence-electron chi connectivity index (χ0n) is 8.16. The normalized spacial score (nSPS) is 8.80. The lowest BCUT2D eigenvalue weighted by Gasteiger charge is -1.95. The molecule has 0 unspecified atom stereocenters. The smallest absolute Gasteiger partial charge is 0.273 e. The van der Waals surface area contributed by atoms with Gasteiger partial charge >= 0.3 is 0 Å². The van der Waals surface area contributed by atoms with Crippen LogP contribution in [0.25, 0.3) is 0 Å². The van der Waals surface area contributed by atoms with Crippen LogP contribution in [0.15, 0.2) is 18.2 Å². The fraction of sp³-hybridized carbons (Fsp3) is 0.222. The molecule has 0 saturated carbocycles. The van der Waals surface area contributed by atoms with E-state index in [1.165, 1.54) is 0 Å². The molecule has 1 aromatic rings. The summed E-state index contributed by atoms with van der Waals surface area (Å²) >= 11 is 5.02. The zero-order chi connectivity index (χ0) is 12.0. The third kappa shape index (κ3) is 4.03. The van der Waals surface area contributed by atoms with Crippen LogP contribution in [-0.4, -0.2) is 10.2 Å². The summed E-state index contributed by atoms with van der Waals surface area (Å²) in [6.45, 7) is 4.00. The number of halogens is 2. The molecule has 1 rings (SSSR count). The highest BCUT2D eigenvalue weighted by atomic mass is 35.5. The first kappa shape index (κ1) is 13.5. The van der Waals surface area contributed by atoms with Gasteiger partial charge in [-0.2, -0.15) is 0 Å². The SMILES string of the molecule is CC.O=C(Cl)c1cc(F)cc([N+](=O)[O-])c1. The average molecular weight is 234 g/mol. The molecule has 4 nitrogen and oxygen atoms in total. The van der Waals surface area contributed by atoms with Gasteiger partial charge in [0.05, 0.1) is 11.0 Å². The Morgan fingerprint density at radius 2 is 1.93 bits per heavy atom. The van der Waals surface area contributed by atoms with Crippen molar-refractivity contribution in [3.05, 3.63) is 39.7 Å². The number of carbonyl (C=O) groups is 1. The Bertz CT molecular complexity index is 349. The summed E-state index contributed by atoms with van der Waals surface area (Å²) in [5.41, 5.74) is -0.725.